The third-order valence-electron chi connectivity index (χ3n) is 4.50. The Morgan fingerprint density at radius 2 is 1.85 bits per heavy atom. The average Bonchev–Trinajstić information content (AvgIpc) is 3.11. The van der Waals surface area contributed by atoms with E-state index in [1.54, 1.807) is 0 Å². The monoisotopic (exact) mass is 267 g/mol. The van der Waals surface area contributed by atoms with E-state index in [1.165, 1.54) is 36.0 Å². The van der Waals surface area contributed by atoms with Gasteiger partial charge in [-0.1, -0.05) is 7.43 Å². The van der Waals surface area contributed by atoms with Gasteiger partial charge in [-0.2, -0.15) is 0 Å². The lowest BCUT2D eigenvalue weighted by Gasteiger charge is -2.20. The zero-order valence-corrected chi connectivity index (χ0v) is 10.8. The van der Waals surface area contributed by atoms with Crippen molar-refractivity contribution in [3.8, 4) is 11.1 Å². The summed E-state index contributed by atoms with van der Waals surface area (Å²) >= 11 is 0. The molecule has 2 bridgehead atoms. The van der Waals surface area contributed by atoms with Crippen LogP contribution in [0, 0.1) is 0 Å². The number of rotatable bonds is 2. The maximum absolute atomic E-state index is 4.44. The fourth-order valence-corrected chi connectivity index (χ4v) is 3.56. The fraction of sp³-hybridized carbons (Fsp3) is 0.412. The molecule has 3 heteroatoms. The van der Waals surface area contributed by atoms with E-state index in [0.717, 1.165) is 6.04 Å². The van der Waals surface area contributed by atoms with Gasteiger partial charge in [0.15, 0.2) is 0 Å². The lowest BCUT2D eigenvalue weighted by Crippen LogP contribution is -2.21. The molecule has 0 radical (unpaired) electrons. The van der Waals surface area contributed by atoms with Crippen LogP contribution < -0.4 is 5.32 Å². The van der Waals surface area contributed by atoms with E-state index < -0.39 is 0 Å². The number of hydrogen-bond donors (Lipinski definition) is 1. The molecule has 0 aromatic carbocycles. The summed E-state index contributed by atoms with van der Waals surface area (Å²) in [6.07, 6.45) is 11.6. The Balaban J connectivity index is 0.00000121. The molecule has 0 spiro atoms. The van der Waals surface area contributed by atoms with Gasteiger partial charge in [-0.05, 0) is 48.6 Å². The molecule has 3 atom stereocenters. The second-order valence-corrected chi connectivity index (χ2v) is 5.63. The average molecular weight is 267 g/mol. The molecule has 0 amide bonds. The standard InChI is InChI=1S/C16H17N3.CH4/c1-2-16-15(8-14(1)19-16)13-7-12(9-18-10-13)11-3-5-17-6-4-11;/h3-7,9-10,14-16,19H,1-2,8H2;1H4. The zero-order chi connectivity index (χ0) is 12.7. The third kappa shape index (κ3) is 2.22. The second kappa shape index (κ2) is 5.33. The van der Waals surface area contributed by atoms with Crippen LogP contribution in [0.15, 0.2) is 43.0 Å². The minimum atomic E-state index is 0. The number of aromatic nitrogens is 2. The minimum absolute atomic E-state index is 0. The Hall–Kier alpha value is -1.74. The molecule has 20 heavy (non-hydrogen) atoms. The van der Waals surface area contributed by atoms with Gasteiger partial charge in [0.05, 0.1) is 0 Å². The molecular formula is C17H21N3. The predicted molar refractivity (Wildman–Crippen MR) is 81.5 cm³/mol. The first-order valence-electron chi connectivity index (χ1n) is 7.01. The van der Waals surface area contributed by atoms with Crippen LogP contribution >= 0.6 is 0 Å². The van der Waals surface area contributed by atoms with Crippen LogP contribution in [-0.2, 0) is 0 Å². The molecule has 2 fully saturated rings. The summed E-state index contributed by atoms with van der Waals surface area (Å²) in [4.78, 5) is 8.51. The minimum Gasteiger partial charge on any atom is -0.311 e. The van der Waals surface area contributed by atoms with Crippen LogP contribution in [0.25, 0.3) is 11.1 Å². The van der Waals surface area contributed by atoms with Gasteiger partial charge in [0.2, 0.25) is 0 Å². The van der Waals surface area contributed by atoms with Gasteiger partial charge >= 0.3 is 0 Å². The van der Waals surface area contributed by atoms with Crippen molar-refractivity contribution in [3.63, 3.8) is 0 Å². The number of nitrogens with one attached hydrogen (secondary N) is 1. The molecule has 2 saturated heterocycles. The molecule has 2 aliphatic heterocycles. The molecule has 3 nitrogen and oxygen atoms in total. The number of pyridine rings is 2. The van der Waals surface area contributed by atoms with Crippen molar-refractivity contribution in [2.75, 3.05) is 0 Å². The van der Waals surface area contributed by atoms with Crippen molar-refractivity contribution in [3.05, 3.63) is 48.5 Å². The lowest BCUT2D eigenvalue weighted by molar-refractivity contribution is 0.505. The highest BCUT2D eigenvalue weighted by Crippen LogP contribution is 2.40. The third-order valence-corrected chi connectivity index (χ3v) is 4.50. The summed E-state index contributed by atoms with van der Waals surface area (Å²) in [7, 11) is 0. The quantitative estimate of drug-likeness (QED) is 0.906. The molecule has 2 aromatic heterocycles. The van der Waals surface area contributed by atoms with E-state index >= 15 is 0 Å². The van der Waals surface area contributed by atoms with Gasteiger partial charge in [-0.3, -0.25) is 9.97 Å². The van der Waals surface area contributed by atoms with E-state index in [9.17, 15) is 0 Å². The zero-order valence-electron chi connectivity index (χ0n) is 10.8. The largest absolute Gasteiger partial charge is 0.311 e. The summed E-state index contributed by atoms with van der Waals surface area (Å²) in [5.74, 6) is 0.646. The molecule has 4 rings (SSSR count). The first-order chi connectivity index (χ1) is 9.40. The van der Waals surface area contributed by atoms with Crippen molar-refractivity contribution in [1.29, 1.82) is 0 Å². The summed E-state index contributed by atoms with van der Waals surface area (Å²) < 4.78 is 0. The number of nitrogens with zero attached hydrogens (tertiary/aromatic N) is 2. The van der Waals surface area contributed by atoms with Gasteiger partial charge in [-0.15, -0.1) is 0 Å². The van der Waals surface area contributed by atoms with Crippen molar-refractivity contribution in [2.45, 2.75) is 44.7 Å². The van der Waals surface area contributed by atoms with Gasteiger partial charge in [0, 0.05) is 48.4 Å². The molecule has 0 saturated carbocycles. The van der Waals surface area contributed by atoms with Gasteiger partial charge in [0.25, 0.3) is 0 Å². The van der Waals surface area contributed by atoms with Crippen LogP contribution in [-0.4, -0.2) is 22.1 Å². The van der Waals surface area contributed by atoms with E-state index in [2.05, 4.69) is 21.4 Å². The van der Waals surface area contributed by atoms with Crippen molar-refractivity contribution in [1.82, 2.24) is 15.3 Å². The van der Waals surface area contributed by atoms with E-state index in [4.69, 9.17) is 0 Å². The van der Waals surface area contributed by atoms with E-state index in [1.807, 2.05) is 36.9 Å². The Kier molecular flexibility index (Phi) is 3.53. The molecule has 1 N–H and O–H groups in total. The summed E-state index contributed by atoms with van der Waals surface area (Å²) in [5, 5.41) is 3.70. The van der Waals surface area contributed by atoms with Crippen LogP contribution in [0.3, 0.4) is 0 Å². The first-order valence-corrected chi connectivity index (χ1v) is 7.01. The number of hydrogen-bond acceptors (Lipinski definition) is 3. The Morgan fingerprint density at radius 3 is 2.55 bits per heavy atom. The molecule has 2 aromatic rings. The Labute approximate surface area is 120 Å². The highest BCUT2D eigenvalue weighted by Gasteiger charge is 2.39. The normalized spacial score (nSPS) is 27.3. The highest BCUT2D eigenvalue weighted by atomic mass is 15.0. The SMILES string of the molecule is C.c1cc(-c2cncc(C3CC4CCC3N4)c2)ccn1. The Morgan fingerprint density at radius 1 is 1.00 bits per heavy atom. The lowest BCUT2D eigenvalue weighted by atomic mass is 9.84. The van der Waals surface area contributed by atoms with E-state index in [0.29, 0.717) is 12.0 Å². The summed E-state index contributed by atoms with van der Waals surface area (Å²) in [6.45, 7) is 0. The van der Waals surface area contributed by atoms with Gasteiger partial charge in [0.1, 0.15) is 0 Å². The second-order valence-electron chi connectivity index (χ2n) is 5.63. The smallest absolute Gasteiger partial charge is 0.0346 e. The molecule has 4 heterocycles. The topological polar surface area (TPSA) is 37.8 Å². The van der Waals surface area contributed by atoms with Crippen LogP contribution in [0.1, 0.15) is 38.2 Å². The maximum atomic E-state index is 4.44. The fourth-order valence-electron chi connectivity index (χ4n) is 3.56. The summed E-state index contributed by atoms with van der Waals surface area (Å²) in [5.41, 5.74) is 3.78. The van der Waals surface area contributed by atoms with Crippen LogP contribution in [0.5, 0.6) is 0 Å². The van der Waals surface area contributed by atoms with Gasteiger partial charge < -0.3 is 5.32 Å². The van der Waals surface area contributed by atoms with Crippen LogP contribution in [0.2, 0.25) is 0 Å². The molecule has 0 aliphatic carbocycles. The molecule has 2 aliphatic rings. The van der Waals surface area contributed by atoms with Gasteiger partial charge in [-0.25, -0.2) is 0 Å². The molecular weight excluding hydrogens is 246 g/mol. The van der Waals surface area contributed by atoms with Crippen molar-refractivity contribution < 1.29 is 0 Å². The molecule has 3 unspecified atom stereocenters. The Bertz CT molecular complexity index is 582. The summed E-state index contributed by atoms with van der Waals surface area (Å²) in [6, 6.07) is 7.79. The molecule has 104 valence electrons. The maximum Gasteiger partial charge on any atom is 0.0346 e. The van der Waals surface area contributed by atoms with Crippen molar-refractivity contribution >= 4 is 0 Å². The van der Waals surface area contributed by atoms with Crippen LogP contribution in [0.4, 0.5) is 0 Å². The number of fused-ring (bicyclic) bond motifs is 2. The van der Waals surface area contributed by atoms with E-state index in [-0.39, 0.29) is 7.43 Å². The first kappa shape index (κ1) is 13.3. The highest BCUT2D eigenvalue weighted by molar-refractivity contribution is 5.62. The predicted octanol–water partition coefficient (Wildman–Crippen LogP) is 3.39. The van der Waals surface area contributed by atoms with Crippen molar-refractivity contribution in [2.24, 2.45) is 0 Å².